The summed E-state index contributed by atoms with van der Waals surface area (Å²) in [5.74, 6) is 0.0330. The number of carbonyl (C=O) groups is 1. The number of halogens is 1. The highest BCUT2D eigenvalue weighted by atomic mass is 35.5. The number of rotatable bonds is 4. The lowest BCUT2D eigenvalue weighted by Crippen LogP contribution is -2.52. The molecule has 118 valence electrons. The SMILES string of the molecule is CC1(C)CN(CCC(=O)Nc2cccnc2)CCC1N.Cl. The molecule has 0 spiro atoms. The third-order valence-electron chi connectivity index (χ3n) is 3.99. The molecule has 0 saturated carbocycles. The van der Waals surface area contributed by atoms with Gasteiger partial charge in [-0.1, -0.05) is 13.8 Å². The van der Waals surface area contributed by atoms with Gasteiger partial charge in [0.2, 0.25) is 5.91 Å². The number of nitrogens with one attached hydrogen (secondary N) is 1. The van der Waals surface area contributed by atoms with E-state index in [1.54, 1.807) is 12.4 Å². The molecule has 0 aliphatic carbocycles. The predicted octanol–water partition coefficient (Wildman–Crippen LogP) is 1.89. The quantitative estimate of drug-likeness (QED) is 0.890. The Balaban J connectivity index is 0.00000220. The maximum Gasteiger partial charge on any atom is 0.225 e. The van der Waals surface area contributed by atoms with Gasteiger partial charge in [0.15, 0.2) is 0 Å². The van der Waals surface area contributed by atoms with Crippen LogP contribution in [-0.4, -0.2) is 41.5 Å². The fourth-order valence-electron chi connectivity index (χ4n) is 2.60. The minimum atomic E-state index is 0. The molecule has 3 N–H and O–H groups in total. The molecule has 2 rings (SSSR count). The van der Waals surface area contributed by atoms with Crippen LogP contribution >= 0.6 is 12.4 Å². The van der Waals surface area contributed by atoms with Gasteiger partial charge in [-0.05, 0) is 30.5 Å². The fraction of sp³-hybridized carbons (Fsp3) is 0.600. The predicted molar refractivity (Wildman–Crippen MR) is 87.5 cm³/mol. The van der Waals surface area contributed by atoms with Crippen LogP contribution in [0.4, 0.5) is 5.69 Å². The number of nitrogens with zero attached hydrogens (tertiary/aromatic N) is 2. The minimum absolute atomic E-state index is 0. The number of amides is 1. The number of nitrogens with two attached hydrogens (primary N) is 1. The first-order chi connectivity index (χ1) is 9.47. The van der Waals surface area contributed by atoms with Crippen molar-refractivity contribution in [1.82, 2.24) is 9.88 Å². The summed E-state index contributed by atoms with van der Waals surface area (Å²) in [4.78, 5) is 18.2. The minimum Gasteiger partial charge on any atom is -0.327 e. The van der Waals surface area contributed by atoms with Crippen molar-refractivity contribution < 1.29 is 4.79 Å². The molecular formula is C15H25ClN4O. The maximum absolute atomic E-state index is 11.9. The number of likely N-dealkylation sites (tertiary alicyclic amines) is 1. The first-order valence-electron chi connectivity index (χ1n) is 7.15. The summed E-state index contributed by atoms with van der Waals surface area (Å²) in [6.07, 6.45) is 4.84. The molecule has 1 fully saturated rings. The van der Waals surface area contributed by atoms with Gasteiger partial charge in [-0.25, -0.2) is 0 Å². The third kappa shape index (κ3) is 5.26. The maximum atomic E-state index is 11.9. The Kier molecular flexibility index (Phi) is 6.58. The van der Waals surface area contributed by atoms with E-state index >= 15 is 0 Å². The highest BCUT2D eigenvalue weighted by Gasteiger charge is 2.33. The molecule has 1 aliphatic heterocycles. The summed E-state index contributed by atoms with van der Waals surface area (Å²) in [6, 6.07) is 3.90. The van der Waals surface area contributed by atoms with E-state index in [-0.39, 0.29) is 29.8 Å². The molecule has 0 aromatic carbocycles. The van der Waals surface area contributed by atoms with Crippen LogP contribution in [0.3, 0.4) is 0 Å². The Morgan fingerprint density at radius 1 is 1.57 bits per heavy atom. The second-order valence-electron chi connectivity index (χ2n) is 6.20. The number of carbonyl (C=O) groups excluding carboxylic acids is 1. The van der Waals surface area contributed by atoms with Crippen LogP contribution in [0.25, 0.3) is 0 Å². The van der Waals surface area contributed by atoms with Crippen molar-refractivity contribution in [2.75, 3.05) is 25.0 Å². The monoisotopic (exact) mass is 312 g/mol. The van der Waals surface area contributed by atoms with Crippen LogP contribution in [0.5, 0.6) is 0 Å². The second kappa shape index (κ2) is 7.73. The van der Waals surface area contributed by atoms with Crippen LogP contribution in [-0.2, 0) is 4.79 Å². The molecule has 1 unspecified atom stereocenters. The average Bonchev–Trinajstić information content (AvgIpc) is 2.41. The molecule has 21 heavy (non-hydrogen) atoms. The van der Waals surface area contributed by atoms with Crippen molar-refractivity contribution >= 4 is 24.0 Å². The number of pyridine rings is 1. The van der Waals surface area contributed by atoms with Crippen LogP contribution in [0.1, 0.15) is 26.7 Å². The van der Waals surface area contributed by atoms with Crippen LogP contribution in [0, 0.1) is 5.41 Å². The van der Waals surface area contributed by atoms with Crippen LogP contribution < -0.4 is 11.1 Å². The van der Waals surface area contributed by atoms with Gasteiger partial charge in [0, 0.05) is 31.7 Å². The van der Waals surface area contributed by atoms with E-state index in [0.29, 0.717) is 6.42 Å². The van der Waals surface area contributed by atoms with E-state index in [1.165, 1.54) is 0 Å². The van der Waals surface area contributed by atoms with Crippen molar-refractivity contribution in [3.8, 4) is 0 Å². The number of anilines is 1. The van der Waals surface area contributed by atoms with E-state index in [1.807, 2.05) is 12.1 Å². The normalized spacial score (nSPS) is 21.4. The summed E-state index contributed by atoms with van der Waals surface area (Å²) in [5, 5.41) is 2.86. The molecule has 1 aliphatic rings. The summed E-state index contributed by atoms with van der Waals surface area (Å²) < 4.78 is 0. The molecule has 1 aromatic rings. The summed E-state index contributed by atoms with van der Waals surface area (Å²) in [7, 11) is 0. The zero-order chi connectivity index (χ0) is 14.6. The molecule has 1 amide bonds. The number of piperidine rings is 1. The van der Waals surface area contributed by atoms with Crippen molar-refractivity contribution in [1.29, 1.82) is 0 Å². The van der Waals surface area contributed by atoms with E-state index in [4.69, 9.17) is 5.73 Å². The topological polar surface area (TPSA) is 71.2 Å². The lowest BCUT2D eigenvalue weighted by Gasteiger charge is -2.42. The second-order valence-corrected chi connectivity index (χ2v) is 6.20. The molecule has 0 bridgehead atoms. The first kappa shape index (κ1) is 17.9. The Labute approximate surface area is 132 Å². The highest BCUT2D eigenvalue weighted by Crippen LogP contribution is 2.27. The Morgan fingerprint density at radius 3 is 2.95 bits per heavy atom. The van der Waals surface area contributed by atoms with Gasteiger partial charge in [0.1, 0.15) is 0 Å². The summed E-state index contributed by atoms with van der Waals surface area (Å²) in [5.41, 5.74) is 6.99. The van der Waals surface area contributed by atoms with Crippen molar-refractivity contribution in [2.45, 2.75) is 32.7 Å². The molecule has 0 radical (unpaired) electrons. The number of hydrogen-bond donors (Lipinski definition) is 2. The number of aromatic nitrogens is 1. The van der Waals surface area contributed by atoms with E-state index in [9.17, 15) is 4.79 Å². The van der Waals surface area contributed by atoms with Gasteiger partial charge in [-0.15, -0.1) is 12.4 Å². The standard InChI is InChI=1S/C15H24N4O.ClH/c1-15(2)11-19(8-5-13(15)16)9-6-14(20)18-12-4-3-7-17-10-12;/h3-4,7,10,13H,5-6,8-9,11,16H2,1-2H3,(H,18,20);1H. The van der Waals surface area contributed by atoms with E-state index in [0.717, 1.165) is 31.7 Å². The summed E-state index contributed by atoms with van der Waals surface area (Å²) in [6.45, 7) is 7.10. The lowest BCUT2D eigenvalue weighted by atomic mass is 9.80. The highest BCUT2D eigenvalue weighted by molar-refractivity contribution is 5.90. The van der Waals surface area contributed by atoms with Gasteiger partial charge in [0.05, 0.1) is 11.9 Å². The van der Waals surface area contributed by atoms with E-state index in [2.05, 4.69) is 29.0 Å². The Morgan fingerprint density at radius 2 is 2.33 bits per heavy atom. The third-order valence-corrected chi connectivity index (χ3v) is 3.99. The molecule has 1 saturated heterocycles. The molecule has 1 atom stereocenters. The van der Waals surface area contributed by atoms with Gasteiger partial charge >= 0.3 is 0 Å². The van der Waals surface area contributed by atoms with Crippen molar-refractivity contribution in [2.24, 2.45) is 11.1 Å². The molecule has 1 aromatic heterocycles. The van der Waals surface area contributed by atoms with Crippen LogP contribution in [0.2, 0.25) is 0 Å². The van der Waals surface area contributed by atoms with Gasteiger partial charge < -0.3 is 16.0 Å². The van der Waals surface area contributed by atoms with Crippen molar-refractivity contribution in [3.63, 3.8) is 0 Å². The van der Waals surface area contributed by atoms with Gasteiger partial charge in [0.25, 0.3) is 0 Å². The summed E-state index contributed by atoms with van der Waals surface area (Å²) >= 11 is 0. The van der Waals surface area contributed by atoms with Gasteiger partial charge in [-0.3, -0.25) is 9.78 Å². The lowest BCUT2D eigenvalue weighted by molar-refractivity contribution is -0.116. The molecule has 2 heterocycles. The Hall–Kier alpha value is -1.17. The molecular weight excluding hydrogens is 288 g/mol. The molecule has 5 nitrogen and oxygen atoms in total. The first-order valence-corrected chi connectivity index (χ1v) is 7.15. The van der Waals surface area contributed by atoms with Crippen LogP contribution in [0.15, 0.2) is 24.5 Å². The zero-order valence-corrected chi connectivity index (χ0v) is 13.5. The Bertz CT molecular complexity index is 452. The van der Waals surface area contributed by atoms with E-state index < -0.39 is 0 Å². The number of hydrogen-bond acceptors (Lipinski definition) is 4. The fourth-order valence-corrected chi connectivity index (χ4v) is 2.60. The van der Waals surface area contributed by atoms with Crippen molar-refractivity contribution in [3.05, 3.63) is 24.5 Å². The zero-order valence-electron chi connectivity index (χ0n) is 12.7. The van der Waals surface area contributed by atoms with Gasteiger partial charge in [-0.2, -0.15) is 0 Å². The smallest absolute Gasteiger partial charge is 0.225 e. The molecule has 6 heteroatoms. The largest absolute Gasteiger partial charge is 0.327 e. The average molecular weight is 313 g/mol.